The fourth-order valence-corrected chi connectivity index (χ4v) is 2.43. The number of nitrogens with zero attached hydrogens (tertiary/aromatic N) is 5. The van der Waals surface area contributed by atoms with E-state index < -0.39 is 0 Å². The van der Waals surface area contributed by atoms with Crippen LogP contribution in [0.5, 0.6) is 0 Å². The summed E-state index contributed by atoms with van der Waals surface area (Å²) < 4.78 is 3.68. The fraction of sp³-hybridized carbons (Fsp3) is 0.0625. The Morgan fingerprint density at radius 3 is 2.59 bits per heavy atom. The van der Waals surface area contributed by atoms with Crippen LogP contribution in [-0.2, 0) is 0 Å². The van der Waals surface area contributed by atoms with E-state index in [0.29, 0.717) is 5.69 Å². The number of hydrogen-bond donors (Lipinski definition) is 1. The van der Waals surface area contributed by atoms with E-state index in [9.17, 15) is 0 Å². The number of fused-ring (bicyclic) bond motifs is 1. The van der Waals surface area contributed by atoms with Gasteiger partial charge < -0.3 is 10.1 Å². The Bertz CT molecular complexity index is 948. The van der Waals surface area contributed by atoms with Gasteiger partial charge in [0.2, 0.25) is 0 Å². The van der Waals surface area contributed by atoms with Crippen LogP contribution in [-0.4, -0.2) is 24.1 Å². The van der Waals surface area contributed by atoms with Gasteiger partial charge in [-0.1, -0.05) is 12.1 Å². The molecule has 108 valence electrons. The van der Waals surface area contributed by atoms with Crippen molar-refractivity contribution in [2.75, 3.05) is 5.73 Å². The molecule has 0 amide bonds. The maximum Gasteiger partial charge on any atom is 0.160 e. The average molecular weight is 290 g/mol. The Balaban J connectivity index is 1.74. The molecule has 0 fully saturated rings. The highest BCUT2D eigenvalue weighted by molar-refractivity contribution is 5.71. The van der Waals surface area contributed by atoms with Gasteiger partial charge in [-0.15, -0.1) is 0 Å². The van der Waals surface area contributed by atoms with Crippen molar-refractivity contribution in [2.24, 2.45) is 0 Å². The SMILES string of the molecule is Cc1ncn(-c2ccc(-c3cn4cccc(N)c4n3)cc2)n1. The number of pyridine rings is 1. The molecule has 6 nitrogen and oxygen atoms in total. The summed E-state index contributed by atoms with van der Waals surface area (Å²) in [5.41, 5.74) is 10.3. The van der Waals surface area contributed by atoms with Crippen molar-refractivity contribution in [2.45, 2.75) is 6.92 Å². The molecule has 2 N–H and O–H groups in total. The number of rotatable bonds is 2. The van der Waals surface area contributed by atoms with Crippen molar-refractivity contribution in [3.05, 3.63) is 60.9 Å². The van der Waals surface area contributed by atoms with Gasteiger partial charge in [-0.3, -0.25) is 0 Å². The van der Waals surface area contributed by atoms with Crippen LogP contribution in [0, 0.1) is 6.92 Å². The molecule has 3 aromatic heterocycles. The maximum absolute atomic E-state index is 5.95. The molecule has 0 aliphatic rings. The summed E-state index contributed by atoms with van der Waals surface area (Å²) in [6.07, 6.45) is 5.62. The lowest BCUT2D eigenvalue weighted by Gasteiger charge is -2.01. The van der Waals surface area contributed by atoms with Crippen molar-refractivity contribution >= 4 is 11.3 Å². The van der Waals surface area contributed by atoms with E-state index in [4.69, 9.17) is 5.73 Å². The first kappa shape index (κ1) is 12.6. The highest BCUT2D eigenvalue weighted by atomic mass is 15.3. The Labute approximate surface area is 126 Å². The molecule has 0 aliphatic heterocycles. The normalized spacial score (nSPS) is 11.1. The number of anilines is 1. The van der Waals surface area contributed by atoms with Crippen molar-refractivity contribution in [1.29, 1.82) is 0 Å². The zero-order valence-corrected chi connectivity index (χ0v) is 12.0. The lowest BCUT2D eigenvalue weighted by atomic mass is 10.1. The maximum atomic E-state index is 5.95. The molecule has 3 heterocycles. The van der Waals surface area contributed by atoms with E-state index in [0.717, 1.165) is 28.4 Å². The molecule has 0 saturated carbocycles. The van der Waals surface area contributed by atoms with E-state index >= 15 is 0 Å². The van der Waals surface area contributed by atoms with E-state index in [1.807, 2.05) is 60.1 Å². The van der Waals surface area contributed by atoms with Gasteiger partial charge in [-0.2, -0.15) is 5.10 Å². The zero-order valence-electron chi connectivity index (χ0n) is 12.0. The zero-order chi connectivity index (χ0) is 15.1. The molecule has 0 radical (unpaired) electrons. The number of aromatic nitrogens is 5. The highest BCUT2D eigenvalue weighted by Crippen LogP contribution is 2.22. The molecule has 0 aliphatic carbocycles. The minimum atomic E-state index is 0.670. The molecule has 4 rings (SSSR count). The summed E-state index contributed by atoms with van der Waals surface area (Å²) >= 11 is 0. The monoisotopic (exact) mass is 290 g/mol. The first-order valence-corrected chi connectivity index (χ1v) is 6.93. The van der Waals surface area contributed by atoms with Crippen LogP contribution in [0.4, 0.5) is 5.69 Å². The largest absolute Gasteiger partial charge is 0.396 e. The third kappa shape index (κ3) is 2.01. The van der Waals surface area contributed by atoms with E-state index in [1.165, 1.54) is 0 Å². The van der Waals surface area contributed by atoms with Crippen molar-refractivity contribution in [3.8, 4) is 16.9 Å². The quantitative estimate of drug-likeness (QED) is 0.615. The minimum Gasteiger partial charge on any atom is -0.396 e. The molecule has 0 atom stereocenters. The standard InChI is InChI=1S/C16H14N6/c1-11-18-10-22(20-11)13-6-4-12(5-7-13)15-9-21-8-2-3-14(17)16(21)19-15/h2-10H,17H2,1H3. The van der Waals surface area contributed by atoms with Crippen LogP contribution < -0.4 is 5.73 Å². The molecule has 0 saturated heterocycles. The second kappa shape index (κ2) is 4.70. The smallest absolute Gasteiger partial charge is 0.160 e. The van der Waals surface area contributed by atoms with Gasteiger partial charge in [0.05, 0.1) is 17.1 Å². The third-order valence-electron chi connectivity index (χ3n) is 3.55. The molecular formula is C16H14N6. The Morgan fingerprint density at radius 2 is 1.91 bits per heavy atom. The molecular weight excluding hydrogens is 276 g/mol. The van der Waals surface area contributed by atoms with Crippen LogP contribution in [0.2, 0.25) is 0 Å². The van der Waals surface area contributed by atoms with Crippen molar-refractivity contribution in [1.82, 2.24) is 24.1 Å². The first-order valence-electron chi connectivity index (χ1n) is 6.93. The average Bonchev–Trinajstić information content (AvgIpc) is 3.15. The lowest BCUT2D eigenvalue weighted by Crippen LogP contribution is -1.94. The number of nitrogens with two attached hydrogens (primary N) is 1. The minimum absolute atomic E-state index is 0.670. The van der Waals surface area contributed by atoms with Gasteiger partial charge in [0.15, 0.2) is 5.65 Å². The van der Waals surface area contributed by atoms with Crippen LogP contribution in [0.15, 0.2) is 55.1 Å². The van der Waals surface area contributed by atoms with Gasteiger partial charge in [0, 0.05) is 18.0 Å². The van der Waals surface area contributed by atoms with Gasteiger partial charge >= 0.3 is 0 Å². The molecule has 4 aromatic rings. The van der Waals surface area contributed by atoms with Gasteiger partial charge in [0.1, 0.15) is 12.2 Å². The van der Waals surface area contributed by atoms with E-state index in [-0.39, 0.29) is 0 Å². The van der Waals surface area contributed by atoms with Gasteiger partial charge in [-0.25, -0.2) is 14.6 Å². The second-order valence-electron chi connectivity index (χ2n) is 5.10. The summed E-state index contributed by atoms with van der Waals surface area (Å²) in [6.45, 7) is 1.87. The van der Waals surface area contributed by atoms with E-state index in [2.05, 4.69) is 15.1 Å². The summed E-state index contributed by atoms with van der Waals surface area (Å²) in [5.74, 6) is 0.750. The second-order valence-corrected chi connectivity index (χ2v) is 5.10. The number of benzene rings is 1. The molecule has 0 spiro atoms. The number of nitrogen functional groups attached to an aromatic ring is 1. The fourth-order valence-electron chi connectivity index (χ4n) is 2.43. The van der Waals surface area contributed by atoms with Crippen LogP contribution in [0.25, 0.3) is 22.6 Å². The van der Waals surface area contributed by atoms with Crippen LogP contribution >= 0.6 is 0 Å². The topological polar surface area (TPSA) is 74.0 Å². The van der Waals surface area contributed by atoms with Crippen LogP contribution in [0.3, 0.4) is 0 Å². The number of aryl methyl sites for hydroxylation is 1. The molecule has 1 aromatic carbocycles. The Kier molecular flexibility index (Phi) is 2.69. The van der Waals surface area contributed by atoms with Crippen molar-refractivity contribution in [3.63, 3.8) is 0 Å². The van der Waals surface area contributed by atoms with Gasteiger partial charge in [0.25, 0.3) is 0 Å². The van der Waals surface area contributed by atoms with Crippen LogP contribution in [0.1, 0.15) is 5.82 Å². The molecule has 0 unspecified atom stereocenters. The summed E-state index contributed by atoms with van der Waals surface area (Å²) in [5, 5.41) is 4.30. The summed E-state index contributed by atoms with van der Waals surface area (Å²) in [6, 6.07) is 11.8. The molecule has 0 bridgehead atoms. The molecule has 22 heavy (non-hydrogen) atoms. The van der Waals surface area contributed by atoms with Crippen molar-refractivity contribution < 1.29 is 0 Å². The number of imidazole rings is 1. The highest BCUT2D eigenvalue weighted by Gasteiger charge is 2.07. The summed E-state index contributed by atoms with van der Waals surface area (Å²) in [7, 11) is 0. The van der Waals surface area contributed by atoms with Gasteiger partial charge in [-0.05, 0) is 31.2 Å². The third-order valence-corrected chi connectivity index (χ3v) is 3.55. The Morgan fingerprint density at radius 1 is 1.09 bits per heavy atom. The Hall–Kier alpha value is -3.15. The summed E-state index contributed by atoms with van der Waals surface area (Å²) in [4.78, 5) is 8.73. The molecule has 6 heteroatoms. The van der Waals surface area contributed by atoms with E-state index in [1.54, 1.807) is 11.0 Å². The lowest BCUT2D eigenvalue weighted by molar-refractivity contribution is 0.863. The predicted octanol–water partition coefficient (Wildman–Crippen LogP) is 2.47. The number of hydrogen-bond acceptors (Lipinski definition) is 4. The first-order chi connectivity index (χ1) is 10.7. The predicted molar refractivity (Wildman–Crippen MR) is 84.7 cm³/mol.